The van der Waals surface area contributed by atoms with E-state index < -0.39 is 12.7 Å². The molecule has 1 aliphatic heterocycles. The molecule has 8 rings (SSSR count). The summed E-state index contributed by atoms with van der Waals surface area (Å²) in [5.41, 5.74) is 5.15. The van der Waals surface area contributed by atoms with Crippen LogP contribution in [-0.4, -0.2) is 44.4 Å². The fourth-order valence-corrected chi connectivity index (χ4v) is 7.35. The van der Waals surface area contributed by atoms with Gasteiger partial charge in [0.15, 0.2) is 0 Å². The molecule has 28 heavy (non-hydrogen) atoms. The van der Waals surface area contributed by atoms with E-state index in [1.165, 1.54) is 24.1 Å². The van der Waals surface area contributed by atoms with Crippen molar-refractivity contribution in [3.05, 3.63) is 29.1 Å². The molecule has 7 aliphatic rings. The van der Waals surface area contributed by atoms with Crippen LogP contribution in [0.3, 0.4) is 0 Å². The fraction of sp³-hybridized carbons (Fsp3) is 0.636. The maximum Gasteiger partial charge on any atom is 0.468 e. The van der Waals surface area contributed by atoms with E-state index in [9.17, 15) is 10.1 Å². The van der Waals surface area contributed by atoms with E-state index in [0.29, 0.717) is 29.7 Å². The van der Waals surface area contributed by atoms with Crippen LogP contribution >= 0.6 is 0 Å². The number of hydrogen-bond acceptors (Lipinski definition) is 5. The Hall–Kier alpha value is -1.66. The van der Waals surface area contributed by atoms with Crippen molar-refractivity contribution in [3.8, 4) is 0 Å². The normalized spacial score (nSPS) is 40.0. The second kappa shape index (κ2) is 5.28. The van der Waals surface area contributed by atoms with E-state index in [1.807, 2.05) is 11.1 Å². The summed E-state index contributed by atoms with van der Waals surface area (Å²) >= 11 is 0. The van der Waals surface area contributed by atoms with E-state index in [-0.39, 0.29) is 0 Å². The molecule has 1 aromatic rings. The number of nitrogens with zero attached hydrogens (tertiary/aromatic N) is 3. The highest BCUT2D eigenvalue weighted by Crippen LogP contribution is 2.59. The average Bonchev–Trinajstić information content (AvgIpc) is 3.37. The lowest BCUT2D eigenvalue weighted by atomic mass is 9.48. The van der Waals surface area contributed by atoms with Gasteiger partial charge in [-0.25, -0.2) is 0 Å². The van der Waals surface area contributed by atoms with E-state index in [2.05, 4.69) is 17.1 Å². The number of hydrazone groups is 1. The molecular weight excluding hydrogens is 349 g/mol. The molecule has 2 unspecified atom stereocenters. The van der Waals surface area contributed by atoms with E-state index in [4.69, 9.17) is 5.10 Å². The topological polar surface area (TPSA) is 69.0 Å². The van der Waals surface area contributed by atoms with Crippen LogP contribution in [0.15, 0.2) is 17.4 Å². The van der Waals surface area contributed by atoms with Crippen LogP contribution in [0, 0.1) is 23.7 Å². The van der Waals surface area contributed by atoms with Gasteiger partial charge in [-0.2, -0.15) is 5.10 Å². The molecule has 0 amide bonds. The van der Waals surface area contributed by atoms with Gasteiger partial charge in [0.1, 0.15) is 0 Å². The number of allylic oxidation sites excluding steroid dienone is 1. The Labute approximate surface area is 165 Å². The molecule has 0 spiro atoms. The van der Waals surface area contributed by atoms with Gasteiger partial charge in [0.2, 0.25) is 0 Å². The highest BCUT2D eigenvalue weighted by molar-refractivity contribution is 6.66. The Balaban J connectivity index is 1.40. The maximum absolute atomic E-state index is 11.1. The van der Waals surface area contributed by atoms with Crippen molar-refractivity contribution in [2.24, 2.45) is 28.8 Å². The molecule has 2 heterocycles. The number of hydrogen-bond donors (Lipinski definition) is 2. The van der Waals surface area contributed by atoms with Gasteiger partial charge in [-0.1, -0.05) is 12.2 Å². The van der Waals surface area contributed by atoms with Gasteiger partial charge in [-0.3, -0.25) is 4.98 Å². The van der Waals surface area contributed by atoms with Crippen molar-refractivity contribution in [2.75, 3.05) is 0 Å². The molecule has 5 nitrogen and oxygen atoms in total. The largest absolute Gasteiger partial charge is 0.468 e. The Morgan fingerprint density at radius 1 is 1.14 bits per heavy atom. The van der Waals surface area contributed by atoms with Gasteiger partial charge in [0.25, 0.3) is 0 Å². The average molecular weight is 375 g/mol. The molecular formula is C22H26BN3O2. The summed E-state index contributed by atoms with van der Waals surface area (Å²) in [6.07, 6.45) is 14.7. The summed E-state index contributed by atoms with van der Waals surface area (Å²) < 4.78 is 0. The van der Waals surface area contributed by atoms with Gasteiger partial charge in [-0.15, -0.1) is 0 Å². The summed E-state index contributed by atoms with van der Waals surface area (Å²) in [5, 5.41) is 27.3. The summed E-state index contributed by atoms with van der Waals surface area (Å²) in [6.45, 7) is 0. The van der Waals surface area contributed by atoms with Crippen LogP contribution in [0.4, 0.5) is 0 Å². The zero-order valence-electron chi connectivity index (χ0n) is 16.1. The van der Waals surface area contributed by atoms with Crippen LogP contribution < -0.4 is 5.46 Å². The van der Waals surface area contributed by atoms with E-state index in [0.717, 1.165) is 55.2 Å². The third-order valence-corrected chi connectivity index (χ3v) is 8.31. The molecule has 0 aromatic carbocycles. The second-order valence-electron chi connectivity index (χ2n) is 10.2. The van der Waals surface area contributed by atoms with Gasteiger partial charge in [-0.05, 0) is 62.7 Å². The molecule has 0 radical (unpaired) electrons. The smallest absolute Gasteiger partial charge is 0.428 e. The minimum Gasteiger partial charge on any atom is -0.428 e. The number of pyridine rings is 1. The fourth-order valence-electron chi connectivity index (χ4n) is 7.35. The Morgan fingerprint density at radius 3 is 2.64 bits per heavy atom. The van der Waals surface area contributed by atoms with E-state index in [1.54, 1.807) is 0 Å². The minimum absolute atomic E-state index is 0.364. The zero-order chi connectivity index (χ0) is 18.6. The van der Waals surface area contributed by atoms with Crippen LogP contribution in [0.1, 0.15) is 61.8 Å². The SMILES string of the molecule is OB1c2cnc3c(c2C(C2C4CC5CC2CC(O)(C5)C4)=NN1C1CC1)C=CC3. The zero-order valence-corrected chi connectivity index (χ0v) is 16.1. The summed E-state index contributed by atoms with van der Waals surface area (Å²) in [7, 11) is -0.681. The first kappa shape index (κ1) is 16.2. The van der Waals surface area contributed by atoms with Gasteiger partial charge >= 0.3 is 7.05 Å². The van der Waals surface area contributed by atoms with Crippen LogP contribution in [0.5, 0.6) is 0 Å². The lowest BCUT2D eigenvalue weighted by Gasteiger charge is -2.58. The first-order valence-electron chi connectivity index (χ1n) is 11.1. The molecule has 1 aromatic heterocycles. The quantitative estimate of drug-likeness (QED) is 0.773. The van der Waals surface area contributed by atoms with Crippen molar-refractivity contribution < 1.29 is 10.1 Å². The predicted molar refractivity (Wildman–Crippen MR) is 108 cm³/mol. The number of rotatable bonds is 2. The molecule has 5 saturated carbocycles. The summed E-state index contributed by atoms with van der Waals surface area (Å²) in [5.74, 6) is 2.14. The van der Waals surface area contributed by atoms with Crippen molar-refractivity contribution in [2.45, 2.75) is 63.0 Å². The molecule has 5 fully saturated rings. The molecule has 0 saturated heterocycles. The minimum atomic E-state index is -0.681. The lowest BCUT2D eigenvalue weighted by Crippen LogP contribution is -2.60. The standard InChI is InChI=1S/C22H26BN3O2/c27-22-8-12-6-13(9-22)19(14(7-12)10-22)21-20-16-2-1-3-18(16)24-11-17(20)23(28)26(25-21)15-4-5-15/h1-2,11-15,19,27-28H,3-10H2. The molecule has 2 atom stereocenters. The van der Waals surface area contributed by atoms with Crippen molar-refractivity contribution >= 4 is 24.3 Å². The van der Waals surface area contributed by atoms with Crippen molar-refractivity contribution in [3.63, 3.8) is 0 Å². The van der Waals surface area contributed by atoms with Crippen molar-refractivity contribution in [1.82, 2.24) is 9.90 Å². The van der Waals surface area contributed by atoms with Gasteiger partial charge in [0, 0.05) is 41.2 Å². The molecule has 144 valence electrons. The van der Waals surface area contributed by atoms with Crippen LogP contribution in [0.2, 0.25) is 0 Å². The molecule has 6 aliphatic carbocycles. The first-order chi connectivity index (χ1) is 13.6. The number of aromatic nitrogens is 1. The highest BCUT2D eigenvalue weighted by atomic mass is 16.3. The first-order valence-corrected chi connectivity index (χ1v) is 11.1. The lowest BCUT2D eigenvalue weighted by molar-refractivity contribution is -0.138. The highest BCUT2D eigenvalue weighted by Gasteiger charge is 2.57. The van der Waals surface area contributed by atoms with Crippen LogP contribution in [-0.2, 0) is 6.42 Å². The van der Waals surface area contributed by atoms with Crippen molar-refractivity contribution in [1.29, 1.82) is 0 Å². The predicted octanol–water partition coefficient (Wildman–Crippen LogP) is 1.71. The van der Waals surface area contributed by atoms with E-state index >= 15 is 0 Å². The maximum atomic E-state index is 11.1. The Morgan fingerprint density at radius 2 is 1.93 bits per heavy atom. The number of aliphatic hydroxyl groups is 1. The summed E-state index contributed by atoms with van der Waals surface area (Å²) in [4.78, 5) is 6.64. The monoisotopic (exact) mass is 375 g/mol. The molecule has 2 N–H and O–H groups in total. The Bertz CT molecular complexity index is 924. The molecule has 4 bridgehead atoms. The third-order valence-electron chi connectivity index (χ3n) is 8.31. The van der Waals surface area contributed by atoms with Gasteiger partial charge in [0.05, 0.1) is 17.0 Å². The molecule has 6 heteroatoms. The van der Waals surface area contributed by atoms with Crippen LogP contribution in [0.25, 0.3) is 6.08 Å². The third kappa shape index (κ3) is 2.11. The summed E-state index contributed by atoms with van der Waals surface area (Å²) in [6, 6.07) is 0.364. The van der Waals surface area contributed by atoms with Gasteiger partial charge < -0.3 is 15.1 Å². The number of fused-ring (bicyclic) bond motifs is 3. The second-order valence-corrected chi connectivity index (χ2v) is 10.2. The Kier molecular flexibility index (Phi) is 3.05.